The van der Waals surface area contributed by atoms with Crippen molar-refractivity contribution in [2.45, 2.75) is 20.3 Å². The van der Waals surface area contributed by atoms with E-state index in [1.807, 2.05) is 6.92 Å². The van der Waals surface area contributed by atoms with Gasteiger partial charge in [-0.3, -0.25) is 9.59 Å². The largest absolute Gasteiger partial charge is 0.352 e. The quantitative estimate of drug-likeness (QED) is 0.698. The van der Waals surface area contributed by atoms with E-state index in [0.717, 1.165) is 12.0 Å². The Morgan fingerprint density at radius 3 is 2.48 bits per heavy atom. The van der Waals surface area contributed by atoms with E-state index in [9.17, 15) is 9.59 Å². The number of carbonyl (C=O) groups is 2. The number of aryl methyl sites for hydroxylation is 1. The lowest BCUT2D eigenvalue weighted by Gasteiger charge is -2.08. The summed E-state index contributed by atoms with van der Waals surface area (Å²) < 4.78 is 5.11. The number of nitrogens with one attached hydrogen (secondary N) is 2. The van der Waals surface area contributed by atoms with E-state index in [-0.39, 0.29) is 11.8 Å². The fourth-order valence-electron chi connectivity index (χ4n) is 2.46. The number of nitrogens with zero attached hydrogens (tertiary/aromatic N) is 2. The third-order valence-electron chi connectivity index (χ3n) is 3.84. The first kappa shape index (κ1) is 18.3. The van der Waals surface area contributed by atoms with Crippen molar-refractivity contribution in [1.82, 2.24) is 15.5 Å². The fourth-order valence-corrected chi connectivity index (χ4v) is 2.46. The minimum absolute atomic E-state index is 0.160. The third kappa shape index (κ3) is 4.58. The highest BCUT2D eigenvalue weighted by atomic mass is 16.5. The molecule has 138 valence electrons. The molecule has 0 saturated heterocycles. The van der Waals surface area contributed by atoms with Crippen LogP contribution in [0.5, 0.6) is 0 Å². The summed E-state index contributed by atoms with van der Waals surface area (Å²) in [4.78, 5) is 28.7. The Morgan fingerprint density at radius 1 is 1.04 bits per heavy atom. The summed E-state index contributed by atoms with van der Waals surface area (Å²) in [7, 11) is 0. The number of anilines is 1. The molecule has 0 unspecified atom stereocenters. The lowest BCUT2D eigenvalue weighted by Crippen LogP contribution is -2.24. The molecule has 2 N–H and O–H groups in total. The van der Waals surface area contributed by atoms with Crippen LogP contribution in [0.15, 0.2) is 53.1 Å². The Hall–Kier alpha value is -3.48. The number of benzene rings is 2. The van der Waals surface area contributed by atoms with Crippen LogP contribution in [-0.2, 0) is 0 Å². The predicted molar refractivity (Wildman–Crippen MR) is 101 cm³/mol. The molecule has 2 amide bonds. The Morgan fingerprint density at radius 2 is 1.81 bits per heavy atom. The summed E-state index contributed by atoms with van der Waals surface area (Å²) in [6.07, 6.45) is 0.862. The van der Waals surface area contributed by atoms with Crippen molar-refractivity contribution < 1.29 is 14.1 Å². The second-order valence-corrected chi connectivity index (χ2v) is 6.01. The van der Waals surface area contributed by atoms with Crippen LogP contribution in [-0.4, -0.2) is 28.5 Å². The number of amides is 2. The summed E-state index contributed by atoms with van der Waals surface area (Å²) in [5.41, 5.74) is 2.28. The lowest BCUT2D eigenvalue weighted by atomic mass is 10.1. The molecule has 7 nitrogen and oxygen atoms in total. The average Bonchev–Trinajstić information content (AvgIpc) is 3.12. The summed E-state index contributed by atoms with van der Waals surface area (Å²) >= 11 is 0. The van der Waals surface area contributed by atoms with Crippen molar-refractivity contribution in [2.24, 2.45) is 0 Å². The van der Waals surface area contributed by atoms with E-state index in [1.54, 1.807) is 55.5 Å². The Kier molecular flexibility index (Phi) is 5.61. The Labute approximate surface area is 156 Å². The van der Waals surface area contributed by atoms with Gasteiger partial charge in [0, 0.05) is 28.9 Å². The molecular formula is C20H20N4O3. The standard InChI is InChI=1S/C20H20N4O3/c1-3-11-21-18(25)16-5-4-6-17(12-16)23-19(26)14-7-9-15(10-8-14)20-22-13(2)24-27-20/h4-10,12H,3,11H2,1-2H3,(H,21,25)(H,23,26). The van der Waals surface area contributed by atoms with E-state index in [4.69, 9.17) is 4.52 Å². The van der Waals surface area contributed by atoms with E-state index >= 15 is 0 Å². The van der Waals surface area contributed by atoms with Crippen LogP contribution in [0.3, 0.4) is 0 Å². The molecule has 1 aromatic heterocycles. The Balaban J connectivity index is 1.69. The molecule has 0 atom stereocenters. The van der Waals surface area contributed by atoms with Crippen molar-refractivity contribution in [1.29, 1.82) is 0 Å². The summed E-state index contributed by atoms with van der Waals surface area (Å²) in [6, 6.07) is 13.7. The molecule has 0 aliphatic rings. The summed E-state index contributed by atoms with van der Waals surface area (Å²) in [5, 5.41) is 9.36. The van der Waals surface area contributed by atoms with Gasteiger partial charge in [-0.2, -0.15) is 4.98 Å². The van der Waals surface area contributed by atoms with E-state index in [1.165, 1.54) is 0 Å². The lowest BCUT2D eigenvalue weighted by molar-refractivity contribution is 0.0952. The van der Waals surface area contributed by atoms with Crippen LogP contribution < -0.4 is 10.6 Å². The molecule has 0 saturated carbocycles. The zero-order valence-corrected chi connectivity index (χ0v) is 15.2. The molecule has 7 heteroatoms. The van der Waals surface area contributed by atoms with Crippen molar-refractivity contribution in [3.63, 3.8) is 0 Å². The number of hydrogen-bond donors (Lipinski definition) is 2. The zero-order valence-electron chi connectivity index (χ0n) is 15.2. The molecule has 0 aliphatic heterocycles. The number of carbonyl (C=O) groups excluding carboxylic acids is 2. The second kappa shape index (κ2) is 8.27. The van der Waals surface area contributed by atoms with Crippen molar-refractivity contribution in [3.8, 4) is 11.5 Å². The van der Waals surface area contributed by atoms with Crippen LogP contribution in [0.1, 0.15) is 39.9 Å². The second-order valence-electron chi connectivity index (χ2n) is 6.01. The van der Waals surface area contributed by atoms with Gasteiger partial charge in [0.2, 0.25) is 0 Å². The fraction of sp³-hybridized carbons (Fsp3) is 0.200. The highest BCUT2D eigenvalue weighted by Crippen LogP contribution is 2.18. The van der Waals surface area contributed by atoms with Crippen molar-refractivity contribution >= 4 is 17.5 Å². The first-order chi connectivity index (χ1) is 13.1. The molecule has 3 rings (SSSR count). The number of hydrogen-bond acceptors (Lipinski definition) is 5. The highest BCUT2D eigenvalue weighted by Gasteiger charge is 2.11. The minimum Gasteiger partial charge on any atom is -0.352 e. The molecule has 2 aromatic carbocycles. The molecule has 0 aliphatic carbocycles. The monoisotopic (exact) mass is 364 g/mol. The molecule has 0 bridgehead atoms. The summed E-state index contributed by atoms with van der Waals surface area (Å²) in [5.74, 6) is 0.529. The molecule has 0 spiro atoms. The molecule has 3 aromatic rings. The third-order valence-corrected chi connectivity index (χ3v) is 3.84. The smallest absolute Gasteiger partial charge is 0.257 e. The maximum absolute atomic E-state index is 12.5. The normalized spacial score (nSPS) is 10.4. The number of aromatic nitrogens is 2. The molecule has 27 heavy (non-hydrogen) atoms. The van der Waals surface area contributed by atoms with Gasteiger partial charge in [-0.1, -0.05) is 18.1 Å². The first-order valence-electron chi connectivity index (χ1n) is 8.67. The minimum atomic E-state index is -0.269. The number of rotatable bonds is 6. The highest BCUT2D eigenvalue weighted by molar-refractivity contribution is 6.05. The van der Waals surface area contributed by atoms with Crippen LogP contribution in [0.25, 0.3) is 11.5 Å². The zero-order chi connectivity index (χ0) is 19.2. The van der Waals surface area contributed by atoms with Gasteiger partial charge in [0.05, 0.1) is 0 Å². The molecule has 0 fully saturated rings. The van der Waals surface area contributed by atoms with Gasteiger partial charge < -0.3 is 15.2 Å². The average molecular weight is 364 g/mol. The topological polar surface area (TPSA) is 97.1 Å². The van der Waals surface area contributed by atoms with Crippen LogP contribution >= 0.6 is 0 Å². The van der Waals surface area contributed by atoms with Gasteiger partial charge in [-0.15, -0.1) is 0 Å². The predicted octanol–water partition coefficient (Wildman–Crippen LogP) is 3.44. The summed E-state index contributed by atoms with van der Waals surface area (Å²) in [6.45, 7) is 4.34. The van der Waals surface area contributed by atoms with Crippen LogP contribution in [0, 0.1) is 6.92 Å². The van der Waals surface area contributed by atoms with Gasteiger partial charge in [-0.25, -0.2) is 0 Å². The van der Waals surface area contributed by atoms with Gasteiger partial charge in [0.1, 0.15) is 0 Å². The van der Waals surface area contributed by atoms with E-state index < -0.39 is 0 Å². The molecule has 1 heterocycles. The van der Waals surface area contributed by atoms with Crippen LogP contribution in [0.2, 0.25) is 0 Å². The maximum Gasteiger partial charge on any atom is 0.257 e. The Bertz CT molecular complexity index is 948. The van der Waals surface area contributed by atoms with Crippen molar-refractivity contribution in [3.05, 3.63) is 65.5 Å². The van der Waals surface area contributed by atoms with Gasteiger partial charge in [0.25, 0.3) is 17.7 Å². The molecular weight excluding hydrogens is 344 g/mol. The van der Waals surface area contributed by atoms with Gasteiger partial charge in [-0.05, 0) is 55.8 Å². The first-order valence-corrected chi connectivity index (χ1v) is 8.67. The van der Waals surface area contributed by atoms with Gasteiger partial charge in [0.15, 0.2) is 5.82 Å². The van der Waals surface area contributed by atoms with Gasteiger partial charge >= 0.3 is 0 Å². The van der Waals surface area contributed by atoms with E-state index in [2.05, 4.69) is 20.8 Å². The molecule has 0 radical (unpaired) electrons. The van der Waals surface area contributed by atoms with Crippen LogP contribution in [0.4, 0.5) is 5.69 Å². The SMILES string of the molecule is CCCNC(=O)c1cccc(NC(=O)c2ccc(-c3nc(C)no3)cc2)c1. The maximum atomic E-state index is 12.5. The van der Waals surface area contributed by atoms with Crippen molar-refractivity contribution in [2.75, 3.05) is 11.9 Å². The van der Waals surface area contributed by atoms with E-state index in [0.29, 0.717) is 35.1 Å².